The lowest BCUT2D eigenvalue weighted by molar-refractivity contribution is -0.0509. The van der Waals surface area contributed by atoms with E-state index in [0.29, 0.717) is 27.8 Å². The Labute approximate surface area is 391 Å². The number of benzene rings is 4. The van der Waals surface area contributed by atoms with Gasteiger partial charge >= 0.3 is 34.7 Å². The molecule has 0 unspecified atom stereocenters. The largest absolute Gasteiger partial charge is 0.534 e. The predicted molar refractivity (Wildman–Crippen MR) is 251 cm³/mol. The molecule has 0 heterocycles. The molecule has 0 bridgehead atoms. The first-order valence-corrected chi connectivity index (χ1v) is 22.9. The van der Waals surface area contributed by atoms with E-state index in [1.165, 1.54) is 31.4 Å². The molecule has 0 saturated heterocycles. The molecule has 0 amide bonds. The summed E-state index contributed by atoms with van der Waals surface area (Å²) in [6, 6.07) is 15.9. The van der Waals surface area contributed by atoms with Crippen LogP contribution in [0.4, 0.5) is 22.0 Å². The summed E-state index contributed by atoms with van der Waals surface area (Å²) in [5.74, 6) is -2.35. The highest BCUT2D eigenvalue weighted by Crippen LogP contribution is 2.49. The van der Waals surface area contributed by atoms with Gasteiger partial charge in [0.25, 0.3) is 0 Å². The zero-order valence-electron chi connectivity index (χ0n) is 40.1. The Morgan fingerprint density at radius 3 is 1.37 bits per heavy atom. The van der Waals surface area contributed by atoms with E-state index in [-0.39, 0.29) is 44.1 Å². The van der Waals surface area contributed by atoms with Crippen LogP contribution < -0.4 is 5.46 Å². The third-order valence-corrected chi connectivity index (χ3v) is 13.9. The van der Waals surface area contributed by atoms with Gasteiger partial charge in [-0.3, -0.25) is 0 Å². The van der Waals surface area contributed by atoms with E-state index >= 15 is 4.39 Å². The van der Waals surface area contributed by atoms with Crippen LogP contribution in [0.25, 0.3) is 11.3 Å². The van der Waals surface area contributed by atoms with Crippen molar-refractivity contribution in [2.75, 3.05) is 14.2 Å². The van der Waals surface area contributed by atoms with Crippen LogP contribution in [0.1, 0.15) is 152 Å². The fourth-order valence-electron chi connectivity index (χ4n) is 8.62. The predicted octanol–water partition coefficient (Wildman–Crippen LogP) is 10.8. The maximum atomic E-state index is 15.9. The zero-order valence-corrected chi connectivity index (χ0v) is 41.0. The average molecular weight is 955 g/mol. The normalized spacial score (nSPS) is 16.3. The Morgan fingerprint density at radius 1 is 0.627 bits per heavy atom. The number of hydrogen-bond donors (Lipinski definition) is 2. The van der Waals surface area contributed by atoms with Crippen molar-refractivity contribution in [1.29, 1.82) is 0 Å². The molecule has 0 aliphatic heterocycles. The van der Waals surface area contributed by atoms with Crippen LogP contribution in [0.5, 0.6) is 0 Å². The molecule has 0 saturated carbocycles. The van der Waals surface area contributed by atoms with Crippen LogP contribution in [0.15, 0.2) is 73.8 Å². The van der Waals surface area contributed by atoms with Crippen molar-refractivity contribution in [3.63, 3.8) is 0 Å². The highest BCUT2D eigenvalue weighted by Gasteiger charge is 2.49. The van der Waals surface area contributed by atoms with Gasteiger partial charge in [-0.2, -0.15) is 21.6 Å². The highest BCUT2D eigenvalue weighted by atomic mass is 32.2. The summed E-state index contributed by atoms with van der Waals surface area (Å²) >= 11 is 0. The number of halogens is 5. The van der Waals surface area contributed by atoms with Crippen molar-refractivity contribution < 1.29 is 63.7 Å². The molecule has 9 nitrogen and oxygen atoms in total. The number of esters is 2. The summed E-state index contributed by atoms with van der Waals surface area (Å²) in [7, 11) is -5.01. The molecule has 0 spiro atoms. The van der Waals surface area contributed by atoms with Crippen molar-refractivity contribution in [2.45, 2.75) is 122 Å². The molecule has 0 atom stereocenters. The Balaban J connectivity index is 0.000000226. The van der Waals surface area contributed by atoms with Crippen molar-refractivity contribution in [2.24, 2.45) is 0 Å². The number of carbonyl (C=O) groups is 2. The summed E-state index contributed by atoms with van der Waals surface area (Å²) in [5.41, 5.74) is 1.53. The number of ether oxygens (including phenoxy) is 2. The molecule has 4 aromatic carbocycles. The van der Waals surface area contributed by atoms with Crippen LogP contribution in [-0.4, -0.2) is 57.3 Å². The standard InChI is InChI=1S/C25H29FO2.C15H22BFO2.C11H9F3O5S/c1-15-14-19-21(25(5,6)13-12-24(19,3)4)22(26)20(15)16(2)17-8-10-18(11-9-17)23(27)28-7;1-9-8-10-11(13(17)12(9)16(18)19)15(4,5)7-6-14(10,2)3;1-7(19-20(16,17)11(12,13)14)8-3-5-9(6-4-8)10(15)18-2/h8-11,14H,2,12-13H2,1,3-7H3;8,18-19H,6-7H2,1-5H3;3-6H,1H2,2H3. The fraction of sp³-hybridized carbons (Fsp3) is 0.412. The fourth-order valence-corrected chi connectivity index (χ4v) is 9.08. The van der Waals surface area contributed by atoms with Crippen molar-refractivity contribution in [3.05, 3.63) is 147 Å². The third-order valence-electron chi connectivity index (χ3n) is 12.9. The first kappa shape index (κ1) is 54.3. The van der Waals surface area contributed by atoms with Gasteiger partial charge in [-0.25, -0.2) is 18.4 Å². The second-order valence-electron chi connectivity index (χ2n) is 19.6. The first-order chi connectivity index (χ1) is 30.7. The molecule has 2 aliphatic rings. The van der Waals surface area contributed by atoms with Crippen molar-refractivity contribution in [1.82, 2.24) is 0 Å². The Hall–Kier alpha value is -5.32. The van der Waals surface area contributed by atoms with Gasteiger partial charge in [-0.05, 0) is 130 Å². The van der Waals surface area contributed by atoms with E-state index in [0.717, 1.165) is 60.6 Å². The summed E-state index contributed by atoms with van der Waals surface area (Å²) < 4.78 is 102. The molecule has 2 aliphatic carbocycles. The van der Waals surface area contributed by atoms with Gasteiger partial charge in [-0.15, -0.1) is 0 Å². The summed E-state index contributed by atoms with van der Waals surface area (Å²) in [6.07, 6.45) is 3.90. The molecule has 16 heteroatoms. The maximum absolute atomic E-state index is 15.9. The lowest BCUT2D eigenvalue weighted by atomic mass is 9.60. The number of carbonyl (C=O) groups excluding carboxylic acids is 2. The number of aryl methyl sites for hydroxylation is 2. The van der Waals surface area contributed by atoms with Gasteiger partial charge in [-0.1, -0.05) is 105 Å². The Bertz CT molecular complexity index is 2670. The van der Waals surface area contributed by atoms with Crippen LogP contribution >= 0.6 is 0 Å². The van der Waals surface area contributed by atoms with Crippen LogP contribution in [0.3, 0.4) is 0 Å². The molecular weight excluding hydrogens is 894 g/mol. The van der Waals surface area contributed by atoms with Crippen molar-refractivity contribution in [3.8, 4) is 0 Å². The maximum Gasteiger partial charge on any atom is 0.534 e. The molecule has 0 aromatic heterocycles. The second kappa shape index (κ2) is 19.7. The van der Waals surface area contributed by atoms with E-state index in [9.17, 15) is 45.6 Å². The summed E-state index contributed by atoms with van der Waals surface area (Å²) in [6.45, 7) is 27.9. The summed E-state index contributed by atoms with van der Waals surface area (Å²) in [5, 5.41) is 18.8. The molecule has 67 heavy (non-hydrogen) atoms. The van der Waals surface area contributed by atoms with E-state index in [1.54, 1.807) is 31.2 Å². The lowest BCUT2D eigenvalue weighted by Crippen LogP contribution is -2.42. The molecule has 0 fully saturated rings. The van der Waals surface area contributed by atoms with E-state index in [1.807, 2.05) is 26.8 Å². The van der Waals surface area contributed by atoms with E-state index < -0.39 is 46.3 Å². The number of methoxy groups -OCH3 is 2. The monoisotopic (exact) mass is 954 g/mol. The van der Waals surface area contributed by atoms with Gasteiger partial charge in [0.05, 0.1) is 25.3 Å². The molecular formula is C51H60BF5O9S. The topological polar surface area (TPSA) is 136 Å². The molecule has 0 radical (unpaired) electrons. The van der Waals surface area contributed by atoms with E-state index in [2.05, 4.69) is 69.7 Å². The minimum absolute atomic E-state index is 0.0181. The number of alkyl halides is 3. The van der Waals surface area contributed by atoms with Gasteiger partial charge in [0.1, 0.15) is 17.4 Å². The molecule has 6 rings (SSSR count). The third kappa shape index (κ3) is 11.5. The van der Waals surface area contributed by atoms with Crippen LogP contribution in [0, 0.1) is 25.5 Å². The Kier molecular flexibility index (Phi) is 16.0. The SMILES string of the molecule is C=C(OS(=O)(=O)C(F)(F)F)c1ccc(C(=O)OC)cc1.C=C(c1ccc(C(=O)OC)cc1)c1c(C)cc2c(c1F)C(C)(C)CCC2(C)C.Cc1cc2c(c(F)c1B(O)O)C(C)(C)CCC2(C)C. The lowest BCUT2D eigenvalue weighted by Gasteiger charge is -2.42. The molecule has 362 valence electrons. The first-order valence-electron chi connectivity index (χ1n) is 21.5. The number of hydrogen-bond acceptors (Lipinski definition) is 9. The van der Waals surface area contributed by atoms with Crippen LogP contribution in [0.2, 0.25) is 0 Å². The minimum atomic E-state index is -5.77. The summed E-state index contributed by atoms with van der Waals surface area (Å²) in [4.78, 5) is 22.8. The Morgan fingerprint density at radius 2 is 0.985 bits per heavy atom. The molecule has 2 N–H and O–H groups in total. The van der Waals surface area contributed by atoms with Gasteiger partial charge < -0.3 is 23.7 Å². The van der Waals surface area contributed by atoms with Gasteiger partial charge in [0, 0.05) is 16.6 Å². The van der Waals surface area contributed by atoms with E-state index in [4.69, 9.17) is 4.74 Å². The quantitative estimate of drug-likeness (QED) is 0.0442. The minimum Gasteiger partial charge on any atom is -0.465 e. The van der Waals surface area contributed by atoms with Crippen molar-refractivity contribution >= 4 is 46.0 Å². The molecule has 4 aromatic rings. The van der Waals surface area contributed by atoms with Crippen LogP contribution in [-0.2, 0) is 45.4 Å². The van der Waals surface area contributed by atoms with Gasteiger partial charge in [0.2, 0.25) is 0 Å². The highest BCUT2D eigenvalue weighted by molar-refractivity contribution is 7.87. The smallest absolute Gasteiger partial charge is 0.465 e. The van der Waals surface area contributed by atoms with Gasteiger partial charge in [0.15, 0.2) is 0 Å². The zero-order chi connectivity index (χ0) is 51.0. The number of rotatable bonds is 8. The number of fused-ring (bicyclic) bond motifs is 2. The average Bonchev–Trinajstić information content (AvgIpc) is 3.23. The second-order valence-corrected chi connectivity index (χ2v) is 21.1.